The van der Waals surface area contributed by atoms with E-state index in [-0.39, 0.29) is 12.6 Å². The molecule has 1 fully saturated rings. The van der Waals surface area contributed by atoms with E-state index in [4.69, 9.17) is 22.4 Å². The molecule has 0 aromatic heterocycles. The van der Waals surface area contributed by atoms with Crippen LogP contribution in [-0.2, 0) is 0 Å². The van der Waals surface area contributed by atoms with Gasteiger partial charge in [-0.15, -0.1) is 0 Å². The number of benzene rings is 1. The van der Waals surface area contributed by atoms with E-state index in [0.717, 1.165) is 36.5 Å². The van der Waals surface area contributed by atoms with E-state index < -0.39 is 0 Å². The number of nitrogens with zero attached hydrogens (tertiary/aromatic N) is 1. The van der Waals surface area contributed by atoms with E-state index >= 15 is 0 Å². The predicted molar refractivity (Wildman–Crippen MR) is 74.6 cm³/mol. The lowest BCUT2D eigenvalue weighted by molar-refractivity contribution is 0.223. The zero-order valence-corrected chi connectivity index (χ0v) is 11.3. The van der Waals surface area contributed by atoms with Crippen molar-refractivity contribution in [2.24, 2.45) is 11.7 Å². The molecular formula is C14H21ClN2O. The Morgan fingerprint density at radius 1 is 1.44 bits per heavy atom. The molecule has 2 rings (SSSR count). The van der Waals surface area contributed by atoms with Crippen molar-refractivity contribution in [2.75, 3.05) is 26.2 Å². The highest BCUT2D eigenvalue weighted by atomic mass is 35.5. The summed E-state index contributed by atoms with van der Waals surface area (Å²) in [4.78, 5) is 2.39. The lowest BCUT2D eigenvalue weighted by atomic mass is 10.0. The Morgan fingerprint density at radius 3 is 2.89 bits per heavy atom. The number of aliphatic hydroxyl groups excluding tert-OH is 1. The molecule has 3 N–H and O–H groups in total. The number of rotatable bonds is 5. The number of aliphatic hydroxyl groups is 1. The summed E-state index contributed by atoms with van der Waals surface area (Å²) in [6, 6.07) is 8.12. The third-order valence-corrected chi connectivity index (χ3v) is 4.13. The zero-order valence-electron chi connectivity index (χ0n) is 10.6. The molecule has 0 radical (unpaired) electrons. The molecule has 1 aromatic rings. The molecule has 18 heavy (non-hydrogen) atoms. The van der Waals surface area contributed by atoms with Gasteiger partial charge in [0.15, 0.2) is 0 Å². The molecule has 0 saturated carbocycles. The van der Waals surface area contributed by atoms with Crippen molar-refractivity contribution in [1.29, 1.82) is 0 Å². The van der Waals surface area contributed by atoms with Crippen LogP contribution in [0.15, 0.2) is 24.3 Å². The van der Waals surface area contributed by atoms with Gasteiger partial charge in [-0.05, 0) is 36.9 Å². The fourth-order valence-electron chi connectivity index (χ4n) is 2.78. The van der Waals surface area contributed by atoms with E-state index in [2.05, 4.69) is 11.0 Å². The Bertz CT molecular complexity index is 386. The molecule has 4 heteroatoms. The normalized spacial score (nSPS) is 22.3. The molecule has 0 bridgehead atoms. The summed E-state index contributed by atoms with van der Waals surface area (Å²) < 4.78 is 0. The van der Waals surface area contributed by atoms with E-state index in [9.17, 15) is 0 Å². The average molecular weight is 269 g/mol. The van der Waals surface area contributed by atoms with E-state index in [1.165, 1.54) is 0 Å². The molecular weight excluding hydrogens is 248 g/mol. The van der Waals surface area contributed by atoms with E-state index in [1.54, 1.807) is 0 Å². The van der Waals surface area contributed by atoms with Gasteiger partial charge in [0.1, 0.15) is 0 Å². The summed E-state index contributed by atoms with van der Waals surface area (Å²) in [7, 11) is 0. The topological polar surface area (TPSA) is 49.5 Å². The van der Waals surface area contributed by atoms with Crippen molar-refractivity contribution in [3.8, 4) is 0 Å². The van der Waals surface area contributed by atoms with Crippen molar-refractivity contribution in [3.63, 3.8) is 0 Å². The Kier molecular flexibility index (Phi) is 5.01. The molecule has 2 unspecified atom stereocenters. The fourth-order valence-corrected chi connectivity index (χ4v) is 3.04. The molecule has 1 aromatic carbocycles. The van der Waals surface area contributed by atoms with Gasteiger partial charge in [-0.1, -0.05) is 29.8 Å². The second-order valence-corrected chi connectivity index (χ2v) is 5.34. The molecule has 0 amide bonds. The molecule has 2 atom stereocenters. The summed E-state index contributed by atoms with van der Waals surface area (Å²) in [6.07, 6.45) is 2.03. The maximum Gasteiger partial charge on any atom is 0.0485 e. The van der Waals surface area contributed by atoms with Crippen LogP contribution in [0.2, 0.25) is 5.02 Å². The number of likely N-dealkylation sites (tertiary alicyclic amines) is 1. The van der Waals surface area contributed by atoms with E-state index in [0.29, 0.717) is 12.5 Å². The van der Waals surface area contributed by atoms with Gasteiger partial charge in [-0.3, -0.25) is 4.90 Å². The van der Waals surface area contributed by atoms with Crippen LogP contribution in [0.1, 0.15) is 24.4 Å². The Balaban J connectivity index is 2.08. The van der Waals surface area contributed by atoms with Crippen LogP contribution in [0.3, 0.4) is 0 Å². The summed E-state index contributed by atoms with van der Waals surface area (Å²) in [5.41, 5.74) is 7.04. The predicted octanol–water partition coefficient (Wildman–Crippen LogP) is 2.04. The summed E-state index contributed by atoms with van der Waals surface area (Å²) in [5.74, 6) is 0.589. The Hall–Kier alpha value is -0.610. The van der Waals surface area contributed by atoms with Gasteiger partial charge in [0.2, 0.25) is 0 Å². The molecule has 100 valence electrons. The van der Waals surface area contributed by atoms with Gasteiger partial charge >= 0.3 is 0 Å². The molecule has 1 heterocycles. The van der Waals surface area contributed by atoms with Crippen LogP contribution in [0.4, 0.5) is 0 Å². The lowest BCUT2D eigenvalue weighted by Gasteiger charge is -2.27. The quantitative estimate of drug-likeness (QED) is 0.859. The highest BCUT2D eigenvalue weighted by Crippen LogP contribution is 2.31. The van der Waals surface area contributed by atoms with Crippen molar-refractivity contribution in [2.45, 2.75) is 18.9 Å². The van der Waals surface area contributed by atoms with Crippen LogP contribution in [0, 0.1) is 5.92 Å². The van der Waals surface area contributed by atoms with Crippen LogP contribution >= 0.6 is 11.6 Å². The van der Waals surface area contributed by atoms with Gasteiger partial charge in [0.05, 0.1) is 0 Å². The first kappa shape index (κ1) is 13.8. The monoisotopic (exact) mass is 268 g/mol. The van der Waals surface area contributed by atoms with Crippen molar-refractivity contribution < 1.29 is 5.11 Å². The first-order chi connectivity index (χ1) is 8.76. The van der Waals surface area contributed by atoms with Gasteiger partial charge in [-0.25, -0.2) is 0 Å². The third kappa shape index (κ3) is 3.04. The third-order valence-electron chi connectivity index (χ3n) is 3.78. The van der Waals surface area contributed by atoms with Crippen molar-refractivity contribution in [3.05, 3.63) is 34.9 Å². The largest absolute Gasteiger partial charge is 0.396 e. The lowest BCUT2D eigenvalue weighted by Crippen LogP contribution is -2.32. The van der Waals surface area contributed by atoms with E-state index in [1.807, 2.05) is 18.2 Å². The Labute approximate surface area is 114 Å². The van der Waals surface area contributed by atoms with Crippen LogP contribution in [0.25, 0.3) is 0 Å². The fraction of sp³-hybridized carbons (Fsp3) is 0.571. The summed E-state index contributed by atoms with van der Waals surface area (Å²) in [5, 5.41) is 9.80. The highest BCUT2D eigenvalue weighted by Gasteiger charge is 2.28. The first-order valence-electron chi connectivity index (χ1n) is 6.55. The maximum atomic E-state index is 9.01. The van der Waals surface area contributed by atoms with Crippen molar-refractivity contribution in [1.82, 2.24) is 4.90 Å². The summed E-state index contributed by atoms with van der Waals surface area (Å²) >= 11 is 6.25. The smallest absolute Gasteiger partial charge is 0.0485 e. The minimum atomic E-state index is 0.197. The van der Waals surface area contributed by atoms with Gasteiger partial charge in [0, 0.05) is 30.8 Å². The number of halogens is 1. The number of hydrogen-bond acceptors (Lipinski definition) is 3. The molecule has 1 aliphatic heterocycles. The van der Waals surface area contributed by atoms with Gasteiger partial charge < -0.3 is 10.8 Å². The molecule has 0 aliphatic carbocycles. The standard InChI is InChI=1S/C14H21ClN2O/c15-13-4-2-1-3-12(13)14(9-16)17-7-5-11(10-17)6-8-18/h1-4,11,14,18H,5-10,16H2. The van der Waals surface area contributed by atoms with Gasteiger partial charge in [0.25, 0.3) is 0 Å². The Morgan fingerprint density at radius 2 is 2.22 bits per heavy atom. The van der Waals surface area contributed by atoms with Crippen LogP contribution in [-0.4, -0.2) is 36.2 Å². The molecule has 1 aliphatic rings. The molecule has 1 saturated heterocycles. The van der Waals surface area contributed by atoms with Gasteiger partial charge in [-0.2, -0.15) is 0 Å². The van der Waals surface area contributed by atoms with Crippen LogP contribution < -0.4 is 5.73 Å². The maximum absolute atomic E-state index is 9.01. The second kappa shape index (κ2) is 6.53. The van der Waals surface area contributed by atoms with Crippen LogP contribution in [0.5, 0.6) is 0 Å². The number of hydrogen-bond donors (Lipinski definition) is 2. The number of nitrogens with two attached hydrogens (primary N) is 1. The average Bonchev–Trinajstić information content (AvgIpc) is 2.82. The first-order valence-corrected chi connectivity index (χ1v) is 6.93. The highest BCUT2D eigenvalue weighted by molar-refractivity contribution is 6.31. The minimum Gasteiger partial charge on any atom is -0.396 e. The summed E-state index contributed by atoms with van der Waals surface area (Å²) in [6.45, 7) is 2.90. The zero-order chi connectivity index (χ0) is 13.0. The van der Waals surface area contributed by atoms with Crippen molar-refractivity contribution >= 4 is 11.6 Å². The molecule has 0 spiro atoms. The SMILES string of the molecule is NCC(c1ccccc1Cl)N1CCC(CCO)C1. The molecule has 3 nitrogen and oxygen atoms in total. The second-order valence-electron chi connectivity index (χ2n) is 4.93. The minimum absolute atomic E-state index is 0.197.